The van der Waals surface area contributed by atoms with Crippen LogP contribution in [0, 0.1) is 17.2 Å². The Kier molecular flexibility index (Phi) is 9.13. The van der Waals surface area contributed by atoms with Gasteiger partial charge in [-0.05, 0) is 36.6 Å². The van der Waals surface area contributed by atoms with Gasteiger partial charge < -0.3 is 20.5 Å². The summed E-state index contributed by atoms with van der Waals surface area (Å²) in [6, 6.07) is 7.80. The number of benzene rings is 1. The number of esters is 1. The van der Waals surface area contributed by atoms with Crippen molar-refractivity contribution in [3.63, 3.8) is 0 Å². The molecule has 0 aromatic heterocycles. The second kappa shape index (κ2) is 11.3. The number of carbonyl (C=O) groups is 3. The topological polar surface area (TPSA) is 132 Å². The zero-order valence-corrected chi connectivity index (χ0v) is 16.9. The molecule has 0 saturated heterocycles. The quantitative estimate of drug-likeness (QED) is 0.367. The number of nitrogens with zero attached hydrogens (tertiary/aromatic N) is 1. The zero-order chi connectivity index (χ0) is 22.0. The molecule has 0 fully saturated rings. The van der Waals surface area contributed by atoms with E-state index in [2.05, 4.69) is 5.32 Å². The Morgan fingerprint density at radius 1 is 1.24 bits per heavy atom. The van der Waals surface area contributed by atoms with Crippen LogP contribution in [0.5, 0.6) is 5.75 Å². The molecule has 154 valence electrons. The molecule has 0 bridgehead atoms. The van der Waals surface area contributed by atoms with Crippen LogP contribution in [0.2, 0.25) is 0 Å². The maximum Gasteiger partial charge on any atom is 0.329 e. The highest BCUT2D eigenvalue weighted by Crippen LogP contribution is 2.12. The number of ketones is 1. The first-order valence-electron chi connectivity index (χ1n) is 8.88. The third-order valence-electron chi connectivity index (χ3n) is 3.89. The largest absolute Gasteiger partial charge is 0.497 e. The predicted octanol–water partition coefficient (Wildman–Crippen LogP) is 1.72. The highest BCUT2D eigenvalue weighted by molar-refractivity contribution is 6.01. The lowest BCUT2D eigenvalue weighted by Gasteiger charge is -2.19. The van der Waals surface area contributed by atoms with Crippen LogP contribution in [-0.2, 0) is 19.1 Å². The van der Waals surface area contributed by atoms with E-state index in [9.17, 15) is 14.4 Å². The van der Waals surface area contributed by atoms with Crippen molar-refractivity contribution in [3.8, 4) is 11.8 Å². The fourth-order valence-electron chi connectivity index (χ4n) is 2.26. The summed E-state index contributed by atoms with van der Waals surface area (Å²) in [5.41, 5.74) is 6.02. The van der Waals surface area contributed by atoms with E-state index in [0.717, 1.165) is 5.56 Å². The fourth-order valence-corrected chi connectivity index (χ4v) is 2.26. The maximum absolute atomic E-state index is 12.3. The van der Waals surface area contributed by atoms with Gasteiger partial charge in [0.1, 0.15) is 23.4 Å². The average Bonchev–Trinajstić information content (AvgIpc) is 2.69. The number of rotatable bonds is 9. The molecule has 1 atom stereocenters. The first-order chi connectivity index (χ1) is 13.7. The van der Waals surface area contributed by atoms with Crippen LogP contribution in [0.3, 0.4) is 0 Å². The van der Waals surface area contributed by atoms with E-state index >= 15 is 0 Å². The van der Waals surface area contributed by atoms with E-state index in [1.807, 2.05) is 0 Å². The molecular formula is C21H25N3O5. The summed E-state index contributed by atoms with van der Waals surface area (Å²) < 4.78 is 10.0. The third-order valence-corrected chi connectivity index (χ3v) is 3.89. The SMILES string of the molecule is COc1ccc(/C=C/C(=O)NC(C(=O)OCC(=O)/C(C#N)=C(\C)N)C(C)C)cc1. The van der Waals surface area contributed by atoms with Gasteiger partial charge in [-0.1, -0.05) is 26.0 Å². The number of nitrogens with two attached hydrogens (primary N) is 1. The molecule has 0 radical (unpaired) electrons. The van der Waals surface area contributed by atoms with Crippen molar-refractivity contribution >= 4 is 23.7 Å². The molecule has 0 aliphatic carbocycles. The lowest BCUT2D eigenvalue weighted by molar-refractivity contribution is -0.151. The fraction of sp³-hybridized carbons (Fsp3) is 0.333. The molecule has 0 heterocycles. The Morgan fingerprint density at radius 2 is 1.86 bits per heavy atom. The van der Waals surface area contributed by atoms with Gasteiger partial charge in [-0.25, -0.2) is 4.79 Å². The van der Waals surface area contributed by atoms with Crippen LogP contribution in [0.15, 0.2) is 41.6 Å². The number of ether oxygens (including phenoxy) is 2. The second-order valence-electron chi connectivity index (χ2n) is 6.54. The van der Waals surface area contributed by atoms with Gasteiger partial charge in [0.05, 0.1) is 7.11 Å². The number of nitrogens with one attached hydrogen (secondary N) is 1. The first-order valence-corrected chi connectivity index (χ1v) is 8.88. The molecule has 8 heteroatoms. The molecule has 3 N–H and O–H groups in total. The minimum absolute atomic E-state index is 0.0472. The van der Waals surface area contributed by atoms with Crippen molar-refractivity contribution in [1.29, 1.82) is 5.26 Å². The number of hydrogen-bond donors (Lipinski definition) is 2. The van der Waals surface area contributed by atoms with Gasteiger partial charge >= 0.3 is 5.97 Å². The molecule has 0 aliphatic rings. The zero-order valence-electron chi connectivity index (χ0n) is 16.9. The number of amides is 1. The van der Waals surface area contributed by atoms with Crippen LogP contribution in [0.1, 0.15) is 26.3 Å². The first kappa shape index (κ1) is 23.4. The Labute approximate surface area is 170 Å². The van der Waals surface area contributed by atoms with E-state index in [0.29, 0.717) is 5.75 Å². The molecule has 1 rings (SSSR count). The van der Waals surface area contributed by atoms with Gasteiger partial charge in [0.25, 0.3) is 0 Å². The highest BCUT2D eigenvalue weighted by Gasteiger charge is 2.26. The molecule has 1 amide bonds. The summed E-state index contributed by atoms with van der Waals surface area (Å²) in [4.78, 5) is 36.4. The highest BCUT2D eigenvalue weighted by atomic mass is 16.5. The molecule has 1 unspecified atom stereocenters. The van der Waals surface area contributed by atoms with Gasteiger partial charge in [-0.15, -0.1) is 0 Å². The normalized spacial score (nSPS) is 12.7. The maximum atomic E-state index is 12.3. The Morgan fingerprint density at radius 3 is 2.34 bits per heavy atom. The Hall–Kier alpha value is -3.60. The van der Waals surface area contributed by atoms with Gasteiger partial charge in [-0.2, -0.15) is 5.26 Å². The molecule has 1 aromatic rings. The van der Waals surface area contributed by atoms with Crippen molar-refractivity contribution in [1.82, 2.24) is 5.32 Å². The van der Waals surface area contributed by atoms with Crippen molar-refractivity contribution < 1.29 is 23.9 Å². The van der Waals surface area contributed by atoms with Gasteiger partial charge in [0, 0.05) is 11.8 Å². The number of allylic oxidation sites excluding steroid dienone is 1. The summed E-state index contributed by atoms with van der Waals surface area (Å²) in [6.07, 6.45) is 2.89. The smallest absolute Gasteiger partial charge is 0.329 e. The average molecular weight is 399 g/mol. The standard InChI is InChI=1S/C21H25N3O5/c1-13(2)20(21(27)29-12-18(25)17(11-22)14(3)23)24-19(26)10-7-15-5-8-16(28-4)9-6-15/h5-10,13,20H,12,23H2,1-4H3,(H,24,26)/b10-7+,17-14+. The minimum Gasteiger partial charge on any atom is -0.497 e. The van der Waals surface area contributed by atoms with Gasteiger partial charge in [-0.3, -0.25) is 9.59 Å². The lowest BCUT2D eigenvalue weighted by atomic mass is 10.0. The molecular weight excluding hydrogens is 374 g/mol. The summed E-state index contributed by atoms with van der Waals surface area (Å²) in [5, 5.41) is 11.5. The minimum atomic E-state index is -0.954. The number of hydrogen-bond acceptors (Lipinski definition) is 7. The van der Waals surface area contributed by atoms with Crippen LogP contribution in [0.25, 0.3) is 6.08 Å². The lowest BCUT2D eigenvalue weighted by Crippen LogP contribution is -2.45. The number of carbonyl (C=O) groups excluding carboxylic acids is 3. The van der Waals surface area contributed by atoms with E-state index in [1.165, 1.54) is 13.0 Å². The van der Waals surface area contributed by atoms with Crippen molar-refractivity contribution in [2.45, 2.75) is 26.8 Å². The van der Waals surface area contributed by atoms with Crippen LogP contribution >= 0.6 is 0 Å². The van der Waals surface area contributed by atoms with Crippen molar-refractivity contribution in [2.75, 3.05) is 13.7 Å². The number of Topliss-reactive ketones (excluding diaryl/α,β-unsaturated/α-hetero) is 1. The summed E-state index contributed by atoms with van der Waals surface area (Å²) in [6.45, 7) is 4.24. The van der Waals surface area contributed by atoms with Crippen LogP contribution in [-0.4, -0.2) is 37.4 Å². The molecule has 8 nitrogen and oxygen atoms in total. The molecule has 0 spiro atoms. The van der Waals surface area contributed by atoms with E-state index in [4.69, 9.17) is 20.5 Å². The summed E-state index contributed by atoms with van der Waals surface area (Å²) in [5.74, 6) is -1.54. The molecule has 1 aromatic carbocycles. The van der Waals surface area contributed by atoms with Crippen molar-refractivity contribution in [3.05, 3.63) is 47.2 Å². The Bertz CT molecular complexity index is 844. The molecule has 0 saturated carbocycles. The number of methoxy groups -OCH3 is 1. The van der Waals surface area contributed by atoms with E-state index in [1.54, 1.807) is 57.4 Å². The molecule has 0 aliphatic heterocycles. The van der Waals surface area contributed by atoms with E-state index in [-0.39, 0.29) is 17.2 Å². The van der Waals surface area contributed by atoms with Crippen molar-refractivity contribution in [2.24, 2.45) is 11.7 Å². The molecule has 29 heavy (non-hydrogen) atoms. The summed E-state index contributed by atoms with van der Waals surface area (Å²) >= 11 is 0. The monoisotopic (exact) mass is 399 g/mol. The summed E-state index contributed by atoms with van der Waals surface area (Å²) in [7, 11) is 1.56. The Balaban J connectivity index is 2.71. The van der Waals surface area contributed by atoms with E-state index < -0.39 is 30.3 Å². The van der Waals surface area contributed by atoms with Crippen LogP contribution in [0.4, 0.5) is 0 Å². The number of nitriles is 1. The van der Waals surface area contributed by atoms with Gasteiger partial charge in [0.15, 0.2) is 6.61 Å². The second-order valence-corrected chi connectivity index (χ2v) is 6.54. The van der Waals surface area contributed by atoms with Crippen LogP contribution < -0.4 is 15.8 Å². The van der Waals surface area contributed by atoms with Gasteiger partial charge in [0.2, 0.25) is 11.7 Å². The predicted molar refractivity (Wildman–Crippen MR) is 107 cm³/mol. The third kappa shape index (κ3) is 7.50.